The lowest BCUT2D eigenvalue weighted by Gasteiger charge is -2.00. The second-order valence-corrected chi connectivity index (χ2v) is 2.73. The van der Waals surface area contributed by atoms with Crippen molar-refractivity contribution >= 4 is 16.9 Å². The number of carboxylic acids is 1. The molecule has 0 aliphatic rings. The molecule has 0 amide bonds. The van der Waals surface area contributed by atoms with Crippen molar-refractivity contribution in [3.8, 4) is 5.75 Å². The first-order chi connectivity index (χ1) is 6.68. The standard InChI is InChI=1S/C9H6N2O3/c12-5-1-2-6-7(3-5)10-4-11-8(6)9(13)14/h1-4,12H,(H,13,14). The van der Waals surface area contributed by atoms with E-state index in [1.807, 2.05) is 0 Å². The molecule has 0 unspecified atom stereocenters. The number of phenols is 1. The number of fused-ring (bicyclic) bond motifs is 1. The summed E-state index contributed by atoms with van der Waals surface area (Å²) in [5.41, 5.74) is 0.354. The van der Waals surface area contributed by atoms with E-state index >= 15 is 0 Å². The number of hydrogen-bond acceptors (Lipinski definition) is 4. The SMILES string of the molecule is O=C(O)c1ncnc2cc(O)ccc12. The number of aromatic hydroxyl groups is 1. The van der Waals surface area contributed by atoms with Crippen LogP contribution in [0.1, 0.15) is 10.5 Å². The third kappa shape index (κ3) is 1.24. The number of hydrogen-bond donors (Lipinski definition) is 2. The predicted octanol–water partition coefficient (Wildman–Crippen LogP) is 1.03. The minimum Gasteiger partial charge on any atom is -0.508 e. The van der Waals surface area contributed by atoms with Gasteiger partial charge < -0.3 is 10.2 Å². The van der Waals surface area contributed by atoms with Gasteiger partial charge in [-0.15, -0.1) is 0 Å². The molecule has 1 aromatic heterocycles. The highest BCUT2D eigenvalue weighted by molar-refractivity contribution is 6.00. The second-order valence-electron chi connectivity index (χ2n) is 2.73. The van der Waals surface area contributed by atoms with Crippen molar-refractivity contribution in [1.82, 2.24) is 9.97 Å². The Morgan fingerprint density at radius 2 is 2.07 bits per heavy atom. The Morgan fingerprint density at radius 1 is 1.29 bits per heavy atom. The van der Waals surface area contributed by atoms with Crippen molar-refractivity contribution < 1.29 is 15.0 Å². The molecule has 1 heterocycles. The highest BCUT2D eigenvalue weighted by Crippen LogP contribution is 2.19. The fourth-order valence-corrected chi connectivity index (χ4v) is 1.22. The Morgan fingerprint density at radius 3 is 2.79 bits per heavy atom. The first-order valence-electron chi connectivity index (χ1n) is 3.85. The molecule has 5 heteroatoms. The molecule has 0 aliphatic heterocycles. The van der Waals surface area contributed by atoms with Gasteiger partial charge in [0.15, 0.2) is 5.69 Å². The Hall–Kier alpha value is -2.17. The van der Waals surface area contributed by atoms with Gasteiger partial charge in [-0.05, 0) is 12.1 Å². The Labute approximate surface area is 78.7 Å². The van der Waals surface area contributed by atoms with Gasteiger partial charge in [0.2, 0.25) is 0 Å². The minimum absolute atomic E-state index is 0.0486. The molecule has 2 rings (SSSR count). The second kappa shape index (κ2) is 2.95. The average Bonchev–Trinajstić information content (AvgIpc) is 2.16. The van der Waals surface area contributed by atoms with Gasteiger partial charge in [0.05, 0.1) is 5.52 Å². The van der Waals surface area contributed by atoms with E-state index in [0.29, 0.717) is 10.9 Å². The Balaban J connectivity index is 2.81. The van der Waals surface area contributed by atoms with Gasteiger partial charge in [-0.3, -0.25) is 0 Å². The van der Waals surface area contributed by atoms with Gasteiger partial charge in [-0.1, -0.05) is 0 Å². The quantitative estimate of drug-likeness (QED) is 0.701. The van der Waals surface area contributed by atoms with Crippen LogP contribution in [-0.2, 0) is 0 Å². The van der Waals surface area contributed by atoms with Crippen LogP contribution in [0.5, 0.6) is 5.75 Å². The summed E-state index contributed by atoms with van der Waals surface area (Å²) in [6.45, 7) is 0. The summed E-state index contributed by atoms with van der Waals surface area (Å²) in [5, 5.41) is 18.4. The molecule has 70 valence electrons. The van der Waals surface area contributed by atoms with Crippen LogP contribution < -0.4 is 0 Å². The van der Waals surface area contributed by atoms with Crippen molar-refractivity contribution in [2.45, 2.75) is 0 Å². The van der Waals surface area contributed by atoms with Crippen LogP contribution in [0.3, 0.4) is 0 Å². The van der Waals surface area contributed by atoms with Crippen LogP contribution in [0.4, 0.5) is 0 Å². The summed E-state index contributed by atoms with van der Waals surface area (Å²) in [6, 6.07) is 4.27. The van der Waals surface area contributed by atoms with E-state index in [-0.39, 0.29) is 11.4 Å². The van der Waals surface area contributed by atoms with Gasteiger partial charge in [-0.25, -0.2) is 14.8 Å². The third-order valence-electron chi connectivity index (χ3n) is 1.82. The largest absolute Gasteiger partial charge is 0.508 e. The zero-order valence-electron chi connectivity index (χ0n) is 7.01. The third-order valence-corrected chi connectivity index (χ3v) is 1.82. The summed E-state index contributed by atoms with van der Waals surface area (Å²) in [7, 11) is 0. The molecule has 0 aliphatic carbocycles. The van der Waals surface area contributed by atoms with Gasteiger partial charge >= 0.3 is 5.97 Å². The molecular weight excluding hydrogens is 184 g/mol. The summed E-state index contributed by atoms with van der Waals surface area (Å²) in [6.07, 6.45) is 1.16. The van der Waals surface area contributed by atoms with Crippen LogP contribution in [-0.4, -0.2) is 26.2 Å². The summed E-state index contributed by atoms with van der Waals surface area (Å²) < 4.78 is 0. The van der Waals surface area contributed by atoms with Gasteiger partial charge in [0, 0.05) is 11.5 Å². The van der Waals surface area contributed by atoms with E-state index in [9.17, 15) is 4.79 Å². The molecule has 0 saturated carbocycles. The number of aromatic carboxylic acids is 1. The molecule has 1 aromatic carbocycles. The number of carboxylic acid groups (broad SMARTS) is 1. The zero-order chi connectivity index (χ0) is 10.1. The van der Waals surface area contributed by atoms with Crippen LogP contribution in [0.2, 0.25) is 0 Å². The van der Waals surface area contributed by atoms with E-state index in [4.69, 9.17) is 10.2 Å². The summed E-state index contributed by atoms with van der Waals surface area (Å²) >= 11 is 0. The van der Waals surface area contributed by atoms with E-state index in [1.54, 1.807) is 0 Å². The van der Waals surface area contributed by atoms with Crippen molar-refractivity contribution in [2.24, 2.45) is 0 Å². The van der Waals surface area contributed by atoms with Crippen molar-refractivity contribution in [3.63, 3.8) is 0 Å². The van der Waals surface area contributed by atoms with Crippen molar-refractivity contribution in [2.75, 3.05) is 0 Å². The van der Waals surface area contributed by atoms with Crippen molar-refractivity contribution in [1.29, 1.82) is 0 Å². The zero-order valence-corrected chi connectivity index (χ0v) is 7.01. The van der Waals surface area contributed by atoms with E-state index < -0.39 is 5.97 Å². The van der Waals surface area contributed by atoms with Crippen LogP contribution in [0, 0.1) is 0 Å². The number of nitrogens with zero attached hydrogens (tertiary/aromatic N) is 2. The predicted molar refractivity (Wildman–Crippen MR) is 48.2 cm³/mol. The van der Waals surface area contributed by atoms with Crippen LogP contribution in [0.15, 0.2) is 24.5 Å². The molecule has 0 radical (unpaired) electrons. The maximum absolute atomic E-state index is 10.7. The summed E-state index contributed by atoms with van der Waals surface area (Å²) in [4.78, 5) is 18.2. The minimum atomic E-state index is -1.11. The monoisotopic (exact) mass is 190 g/mol. The molecular formula is C9H6N2O3. The number of aromatic nitrogens is 2. The molecule has 5 nitrogen and oxygen atoms in total. The topological polar surface area (TPSA) is 83.3 Å². The smallest absolute Gasteiger partial charge is 0.355 e. The van der Waals surface area contributed by atoms with Gasteiger partial charge in [0.25, 0.3) is 0 Å². The highest BCUT2D eigenvalue weighted by Gasteiger charge is 2.10. The Kier molecular flexibility index (Phi) is 1.78. The van der Waals surface area contributed by atoms with Crippen molar-refractivity contribution in [3.05, 3.63) is 30.2 Å². The maximum Gasteiger partial charge on any atom is 0.355 e. The Bertz CT molecular complexity index is 510. The van der Waals surface area contributed by atoms with E-state index in [1.165, 1.54) is 18.2 Å². The summed E-state index contributed by atoms with van der Waals surface area (Å²) in [5.74, 6) is -1.06. The lowest BCUT2D eigenvalue weighted by Crippen LogP contribution is -2.01. The van der Waals surface area contributed by atoms with Crippen LogP contribution >= 0.6 is 0 Å². The average molecular weight is 190 g/mol. The molecule has 0 spiro atoms. The lowest BCUT2D eigenvalue weighted by atomic mass is 10.2. The first kappa shape index (κ1) is 8.43. The van der Waals surface area contributed by atoms with Gasteiger partial charge in [-0.2, -0.15) is 0 Å². The first-order valence-corrected chi connectivity index (χ1v) is 3.85. The van der Waals surface area contributed by atoms with E-state index in [0.717, 1.165) is 6.33 Å². The highest BCUT2D eigenvalue weighted by atomic mass is 16.4. The molecule has 0 saturated heterocycles. The molecule has 14 heavy (non-hydrogen) atoms. The maximum atomic E-state index is 10.7. The molecule has 0 bridgehead atoms. The molecule has 0 atom stereocenters. The fourth-order valence-electron chi connectivity index (χ4n) is 1.22. The van der Waals surface area contributed by atoms with E-state index in [2.05, 4.69) is 9.97 Å². The molecule has 2 aromatic rings. The molecule has 2 N–H and O–H groups in total. The fraction of sp³-hybridized carbons (Fsp3) is 0. The van der Waals surface area contributed by atoms with Crippen LogP contribution in [0.25, 0.3) is 10.9 Å². The number of rotatable bonds is 1. The number of carbonyl (C=O) groups is 1. The normalized spacial score (nSPS) is 10.3. The number of phenolic OH excluding ortho intramolecular Hbond substituents is 1. The molecule has 0 fully saturated rings. The lowest BCUT2D eigenvalue weighted by molar-refractivity contribution is 0.0692. The van der Waals surface area contributed by atoms with Gasteiger partial charge in [0.1, 0.15) is 12.1 Å². The number of benzene rings is 1.